The van der Waals surface area contributed by atoms with Gasteiger partial charge in [0.2, 0.25) is 0 Å². The molecule has 0 radical (unpaired) electrons. The number of anilines is 1. The predicted molar refractivity (Wildman–Crippen MR) is 67.9 cm³/mol. The lowest BCUT2D eigenvalue weighted by atomic mass is 10.1. The molecule has 0 aliphatic rings. The van der Waals surface area contributed by atoms with Gasteiger partial charge in [0.15, 0.2) is 11.6 Å². The molecule has 0 atom stereocenters. The largest absolute Gasteiger partial charge is 0.494 e. The number of nitrogen functional groups attached to an aromatic ring is 1. The van der Waals surface area contributed by atoms with Crippen molar-refractivity contribution in [2.75, 3.05) is 12.8 Å². The van der Waals surface area contributed by atoms with Crippen LogP contribution in [0.1, 0.15) is 11.4 Å². The fourth-order valence-corrected chi connectivity index (χ4v) is 1.76. The maximum atomic E-state index is 14.2. The van der Waals surface area contributed by atoms with Crippen LogP contribution in [0.15, 0.2) is 18.2 Å². The van der Waals surface area contributed by atoms with E-state index in [0.29, 0.717) is 28.5 Å². The third kappa shape index (κ3) is 1.99. The number of halogens is 1. The smallest absolute Gasteiger partial charge is 0.174 e. The first kappa shape index (κ1) is 12.3. The van der Waals surface area contributed by atoms with Crippen LogP contribution in [0.5, 0.6) is 5.75 Å². The van der Waals surface area contributed by atoms with E-state index in [9.17, 15) is 4.39 Å². The highest BCUT2D eigenvalue weighted by atomic mass is 19.1. The van der Waals surface area contributed by atoms with Gasteiger partial charge in [0.1, 0.15) is 11.6 Å². The van der Waals surface area contributed by atoms with Crippen LogP contribution < -0.4 is 10.5 Å². The number of nitrogens with two attached hydrogens (primary N) is 1. The number of ether oxygens (including phenoxy) is 1. The highest BCUT2D eigenvalue weighted by molar-refractivity contribution is 5.69. The van der Waals surface area contributed by atoms with Gasteiger partial charge in [-0.15, -0.1) is 0 Å². The third-order valence-electron chi connectivity index (χ3n) is 2.73. The van der Waals surface area contributed by atoms with Crippen LogP contribution in [0, 0.1) is 19.7 Å². The molecule has 2 rings (SSSR count). The standard InChI is InChI=1S/C13H14FN3O/c1-7-12(16-8(2)17-13(7)15)9-5-4-6-10(18-3)11(9)14/h4-6H,1-3H3,(H2,15,16,17). The Labute approximate surface area is 105 Å². The molecule has 0 aliphatic heterocycles. The van der Waals surface area contributed by atoms with Gasteiger partial charge in [-0.25, -0.2) is 14.4 Å². The first-order chi connectivity index (χ1) is 8.54. The van der Waals surface area contributed by atoms with E-state index >= 15 is 0 Å². The van der Waals surface area contributed by atoms with E-state index < -0.39 is 5.82 Å². The van der Waals surface area contributed by atoms with Crippen LogP contribution in [0.4, 0.5) is 10.2 Å². The molecule has 5 heteroatoms. The van der Waals surface area contributed by atoms with Crippen molar-refractivity contribution < 1.29 is 9.13 Å². The monoisotopic (exact) mass is 247 g/mol. The second-order valence-electron chi connectivity index (χ2n) is 3.95. The highest BCUT2D eigenvalue weighted by Crippen LogP contribution is 2.31. The van der Waals surface area contributed by atoms with Gasteiger partial charge in [-0.3, -0.25) is 0 Å². The second-order valence-corrected chi connectivity index (χ2v) is 3.95. The molecule has 0 saturated heterocycles. The summed E-state index contributed by atoms with van der Waals surface area (Å²) in [6.07, 6.45) is 0. The zero-order valence-electron chi connectivity index (χ0n) is 10.5. The van der Waals surface area contributed by atoms with E-state index in [0.717, 1.165) is 0 Å². The third-order valence-corrected chi connectivity index (χ3v) is 2.73. The van der Waals surface area contributed by atoms with Crippen LogP contribution in [0.2, 0.25) is 0 Å². The highest BCUT2D eigenvalue weighted by Gasteiger charge is 2.15. The number of aryl methyl sites for hydroxylation is 1. The minimum absolute atomic E-state index is 0.182. The van der Waals surface area contributed by atoms with Crippen LogP contribution in [-0.2, 0) is 0 Å². The van der Waals surface area contributed by atoms with Gasteiger partial charge in [-0.2, -0.15) is 0 Å². The fraction of sp³-hybridized carbons (Fsp3) is 0.231. The summed E-state index contributed by atoms with van der Waals surface area (Å²) in [5.74, 6) is 0.609. The Balaban J connectivity index is 2.69. The summed E-state index contributed by atoms with van der Waals surface area (Å²) in [5.41, 5.74) is 7.30. The van der Waals surface area contributed by atoms with E-state index in [1.54, 1.807) is 32.0 Å². The lowest BCUT2D eigenvalue weighted by Crippen LogP contribution is -2.03. The lowest BCUT2D eigenvalue weighted by molar-refractivity contribution is 0.387. The Bertz CT molecular complexity index is 599. The zero-order valence-corrected chi connectivity index (χ0v) is 10.5. The SMILES string of the molecule is COc1cccc(-c2nc(C)nc(N)c2C)c1F. The van der Waals surface area contributed by atoms with Gasteiger partial charge in [-0.1, -0.05) is 6.07 Å². The Morgan fingerprint density at radius 1 is 1.22 bits per heavy atom. The molecule has 1 aromatic carbocycles. The molecule has 1 aromatic heterocycles. The number of benzene rings is 1. The topological polar surface area (TPSA) is 61.0 Å². The number of hydrogen-bond donors (Lipinski definition) is 1. The fourth-order valence-electron chi connectivity index (χ4n) is 1.76. The summed E-state index contributed by atoms with van der Waals surface area (Å²) in [6, 6.07) is 4.92. The predicted octanol–water partition coefficient (Wildman–Crippen LogP) is 2.49. The van der Waals surface area contributed by atoms with E-state index in [4.69, 9.17) is 10.5 Å². The summed E-state index contributed by atoms with van der Waals surface area (Å²) in [4.78, 5) is 8.30. The number of methoxy groups -OCH3 is 1. The van der Waals surface area contributed by atoms with Crippen molar-refractivity contribution in [3.63, 3.8) is 0 Å². The first-order valence-corrected chi connectivity index (χ1v) is 5.48. The summed E-state index contributed by atoms with van der Waals surface area (Å²) >= 11 is 0. The van der Waals surface area contributed by atoms with Crippen molar-refractivity contribution in [1.29, 1.82) is 0 Å². The number of hydrogen-bond acceptors (Lipinski definition) is 4. The molecule has 0 saturated carbocycles. The maximum absolute atomic E-state index is 14.2. The van der Waals surface area contributed by atoms with Gasteiger partial charge < -0.3 is 10.5 Å². The average Bonchev–Trinajstić information content (AvgIpc) is 2.34. The van der Waals surface area contributed by atoms with Crippen LogP contribution in [0.25, 0.3) is 11.3 Å². The molecular formula is C13H14FN3O. The van der Waals surface area contributed by atoms with Crippen molar-refractivity contribution in [2.24, 2.45) is 0 Å². The molecule has 2 N–H and O–H groups in total. The lowest BCUT2D eigenvalue weighted by Gasteiger charge is -2.11. The minimum Gasteiger partial charge on any atom is -0.494 e. The van der Waals surface area contributed by atoms with Crippen LogP contribution in [-0.4, -0.2) is 17.1 Å². The van der Waals surface area contributed by atoms with Gasteiger partial charge in [0.25, 0.3) is 0 Å². The maximum Gasteiger partial charge on any atom is 0.174 e. The molecule has 2 aromatic rings. The second kappa shape index (κ2) is 4.60. The number of aromatic nitrogens is 2. The van der Waals surface area contributed by atoms with Gasteiger partial charge in [0.05, 0.1) is 12.8 Å². The zero-order chi connectivity index (χ0) is 13.3. The molecule has 0 fully saturated rings. The normalized spacial score (nSPS) is 10.4. The quantitative estimate of drug-likeness (QED) is 0.885. The first-order valence-electron chi connectivity index (χ1n) is 5.48. The molecule has 1 heterocycles. The number of rotatable bonds is 2. The molecule has 18 heavy (non-hydrogen) atoms. The summed E-state index contributed by atoms with van der Waals surface area (Å²) < 4.78 is 19.1. The van der Waals surface area contributed by atoms with Crippen LogP contribution in [0.3, 0.4) is 0 Å². The Hall–Kier alpha value is -2.17. The molecule has 0 unspecified atom stereocenters. The van der Waals surface area contributed by atoms with E-state index in [-0.39, 0.29) is 5.75 Å². The molecule has 0 amide bonds. The number of nitrogens with zero attached hydrogens (tertiary/aromatic N) is 2. The van der Waals surface area contributed by atoms with Crippen molar-refractivity contribution in [3.05, 3.63) is 35.4 Å². The van der Waals surface area contributed by atoms with Crippen LogP contribution >= 0.6 is 0 Å². The average molecular weight is 247 g/mol. The molecule has 0 bridgehead atoms. The molecule has 4 nitrogen and oxygen atoms in total. The Morgan fingerprint density at radius 2 is 1.94 bits per heavy atom. The summed E-state index contributed by atoms with van der Waals surface area (Å²) in [5, 5.41) is 0. The van der Waals surface area contributed by atoms with Gasteiger partial charge in [-0.05, 0) is 26.0 Å². The minimum atomic E-state index is -0.444. The molecule has 0 spiro atoms. The molecule has 94 valence electrons. The van der Waals surface area contributed by atoms with Gasteiger partial charge in [0, 0.05) is 11.1 Å². The summed E-state index contributed by atoms with van der Waals surface area (Å²) in [6.45, 7) is 3.49. The van der Waals surface area contributed by atoms with E-state index in [1.807, 2.05) is 0 Å². The summed E-state index contributed by atoms with van der Waals surface area (Å²) in [7, 11) is 1.43. The Morgan fingerprint density at radius 3 is 2.61 bits per heavy atom. The van der Waals surface area contributed by atoms with Crippen molar-refractivity contribution >= 4 is 5.82 Å². The molecule has 0 aliphatic carbocycles. The Kier molecular flexibility index (Phi) is 3.14. The van der Waals surface area contributed by atoms with E-state index in [2.05, 4.69) is 9.97 Å². The van der Waals surface area contributed by atoms with Gasteiger partial charge >= 0.3 is 0 Å². The van der Waals surface area contributed by atoms with Crippen molar-refractivity contribution in [3.8, 4) is 17.0 Å². The molecular weight excluding hydrogens is 233 g/mol. The van der Waals surface area contributed by atoms with Crippen molar-refractivity contribution in [2.45, 2.75) is 13.8 Å². The van der Waals surface area contributed by atoms with Crippen molar-refractivity contribution in [1.82, 2.24) is 9.97 Å². The van der Waals surface area contributed by atoms with E-state index in [1.165, 1.54) is 7.11 Å².